The molecule has 3 fully saturated rings. The molecule has 1 aromatic rings. The molecule has 2 aliphatic heterocycles. The number of nitrogens with zero attached hydrogens (tertiary/aromatic N) is 2. The van der Waals surface area contributed by atoms with Gasteiger partial charge in [0.2, 0.25) is 0 Å². The molecule has 3 atom stereocenters. The van der Waals surface area contributed by atoms with Gasteiger partial charge in [-0.25, -0.2) is 9.69 Å². The molecule has 2 heterocycles. The zero-order valence-electron chi connectivity index (χ0n) is 14.9. The molecule has 0 radical (unpaired) electrons. The number of likely N-dealkylation sites (tertiary alicyclic amines) is 1. The van der Waals surface area contributed by atoms with E-state index in [-0.39, 0.29) is 11.9 Å². The van der Waals surface area contributed by atoms with Gasteiger partial charge in [0, 0.05) is 12.6 Å². The summed E-state index contributed by atoms with van der Waals surface area (Å²) >= 11 is 0. The van der Waals surface area contributed by atoms with Gasteiger partial charge >= 0.3 is 6.03 Å². The van der Waals surface area contributed by atoms with Crippen LogP contribution in [0.5, 0.6) is 0 Å². The van der Waals surface area contributed by atoms with Crippen molar-refractivity contribution < 1.29 is 9.59 Å². The molecule has 1 aliphatic carbocycles. The average Bonchev–Trinajstić information content (AvgIpc) is 2.87. The van der Waals surface area contributed by atoms with Crippen molar-refractivity contribution in [2.45, 2.75) is 57.0 Å². The lowest BCUT2D eigenvalue weighted by atomic mass is 9.78. The zero-order valence-corrected chi connectivity index (χ0v) is 14.9. The van der Waals surface area contributed by atoms with Crippen LogP contribution in [0.4, 0.5) is 4.79 Å². The Bertz CT molecular complexity index is 660. The maximum Gasteiger partial charge on any atom is 0.326 e. The fraction of sp³-hybridized carbons (Fsp3) is 0.600. The fourth-order valence-corrected chi connectivity index (χ4v) is 4.88. The molecule has 1 aromatic carbocycles. The Morgan fingerprint density at radius 3 is 2.60 bits per heavy atom. The Morgan fingerprint density at radius 1 is 1.08 bits per heavy atom. The Morgan fingerprint density at radius 2 is 1.80 bits per heavy atom. The van der Waals surface area contributed by atoms with E-state index in [1.54, 1.807) is 0 Å². The number of piperidine rings is 1. The lowest BCUT2D eigenvalue weighted by molar-refractivity contribution is -0.133. The second-order valence-electron chi connectivity index (χ2n) is 7.86. The third-order valence-electron chi connectivity index (χ3n) is 6.31. The highest BCUT2D eigenvalue weighted by Gasteiger charge is 2.50. The van der Waals surface area contributed by atoms with Gasteiger partial charge in [0.25, 0.3) is 5.91 Å². The van der Waals surface area contributed by atoms with Crippen LogP contribution in [0.15, 0.2) is 30.3 Å². The van der Waals surface area contributed by atoms with Crippen LogP contribution in [0.25, 0.3) is 0 Å². The van der Waals surface area contributed by atoms with Crippen molar-refractivity contribution in [3.8, 4) is 0 Å². The van der Waals surface area contributed by atoms with Gasteiger partial charge in [-0.3, -0.25) is 9.69 Å². The number of carbonyl (C=O) groups is 2. The van der Waals surface area contributed by atoms with Gasteiger partial charge in [0.15, 0.2) is 0 Å². The first kappa shape index (κ1) is 16.6. The highest BCUT2D eigenvalue weighted by Crippen LogP contribution is 2.36. The summed E-state index contributed by atoms with van der Waals surface area (Å²) in [6, 6.07) is 9.79. The third-order valence-corrected chi connectivity index (χ3v) is 6.31. The molecule has 1 saturated carbocycles. The van der Waals surface area contributed by atoms with E-state index in [1.165, 1.54) is 43.4 Å². The quantitative estimate of drug-likeness (QED) is 0.860. The molecule has 4 rings (SSSR count). The predicted molar refractivity (Wildman–Crippen MR) is 95.7 cm³/mol. The van der Waals surface area contributed by atoms with Crippen LogP contribution in [0, 0.1) is 5.92 Å². The van der Waals surface area contributed by atoms with E-state index in [4.69, 9.17) is 0 Å². The summed E-state index contributed by atoms with van der Waals surface area (Å²) in [7, 11) is 0. The maximum atomic E-state index is 13.1. The summed E-state index contributed by atoms with van der Waals surface area (Å²) < 4.78 is 0. The van der Waals surface area contributed by atoms with Crippen LogP contribution >= 0.6 is 0 Å². The third kappa shape index (κ3) is 2.84. The molecule has 0 bridgehead atoms. The van der Waals surface area contributed by atoms with E-state index >= 15 is 0 Å². The number of hydrogen-bond donors (Lipinski definition) is 1. The fourth-order valence-electron chi connectivity index (χ4n) is 4.88. The first-order valence-corrected chi connectivity index (χ1v) is 9.53. The Balaban J connectivity index is 1.53. The summed E-state index contributed by atoms with van der Waals surface area (Å²) in [5, 5.41) is 2.92. The zero-order chi connectivity index (χ0) is 17.4. The molecule has 5 heteroatoms. The Kier molecular flexibility index (Phi) is 4.28. The smallest absolute Gasteiger partial charge is 0.319 e. The number of carbonyl (C=O) groups excluding carboxylic acids is 2. The minimum absolute atomic E-state index is 0.137. The van der Waals surface area contributed by atoms with Gasteiger partial charge < -0.3 is 5.32 Å². The monoisotopic (exact) mass is 341 g/mol. The summed E-state index contributed by atoms with van der Waals surface area (Å²) in [5.74, 6) is 0.602. The van der Waals surface area contributed by atoms with Gasteiger partial charge in [0.1, 0.15) is 5.54 Å². The standard InChI is InChI=1S/C20H27N3O2/c1-20(16-10-3-2-4-11-16)18(24)23(19(25)21-20)14-22-13-7-9-15-8-5-6-12-17(15)22/h2-4,10-11,15,17H,5-9,12-14H2,1H3,(H,21,25)/t15-,17+,20+/m1/s1. The van der Waals surface area contributed by atoms with Crippen molar-refractivity contribution in [1.82, 2.24) is 15.1 Å². The van der Waals surface area contributed by atoms with Gasteiger partial charge in [-0.2, -0.15) is 0 Å². The molecule has 2 saturated heterocycles. The van der Waals surface area contributed by atoms with E-state index in [0.717, 1.165) is 18.0 Å². The highest BCUT2D eigenvalue weighted by molar-refractivity contribution is 6.07. The van der Waals surface area contributed by atoms with Crippen LogP contribution in [-0.2, 0) is 10.3 Å². The van der Waals surface area contributed by atoms with Gasteiger partial charge in [0.05, 0.1) is 6.67 Å². The van der Waals surface area contributed by atoms with Gasteiger partial charge in [-0.1, -0.05) is 43.2 Å². The van der Waals surface area contributed by atoms with Crippen molar-refractivity contribution in [3.63, 3.8) is 0 Å². The molecule has 3 amide bonds. The van der Waals surface area contributed by atoms with Crippen molar-refractivity contribution in [2.75, 3.05) is 13.2 Å². The van der Waals surface area contributed by atoms with Gasteiger partial charge in [-0.05, 0) is 44.1 Å². The molecule has 3 aliphatic rings. The summed E-state index contributed by atoms with van der Waals surface area (Å²) in [5.41, 5.74) is -0.120. The molecule has 0 unspecified atom stereocenters. The van der Waals surface area contributed by atoms with E-state index in [1.807, 2.05) is 37.3 Å². The summed E-state index contributed by atoms with van der Waals surface area (Å²) in [6.07, 6.45) is 7.54. The lowest BCUT2D eigenvalue weighted by Gasteiger charge is -2.45. The van der Waals surface area contributed by atoms with Crippen LogP contribution < -0.4 is 5.32 Å². The number of rotatable bonds is 3. The number of hydrogen-bond acceptors (Lipinski definition) is 3. The second-order valence-corrected chi connectivity index (χ2v) is 7.86. The van der Waals surface area contributed by atoms with E-state index < -0.39 is 5.54 Å². The van der Waals surface area contributed by atoms with Crippen LogP contribution in [-0.4, -0.2) is 41.0 Å². The number of urea groups is 1. The minimum Gasteiger partial charge on any atom is -0.319 e. The Labute approximate surface area is 149 Å². The topological polar surface area (TPSA) is 52.7 Å². The van der Waals surface area contributed by atoms with Crippen molar-refractivity contribution in [2.24, 2.45) is 5.92 Å². The molecule has 1 N–H and O–H groups in total. The average molecular weight is 341 g/mol. The first-order chi connectivity index (χ1) is 12.1. The van der Waals surface area contributed by atoms with Crippen LogP contribution in [0.3, 0.4) is 0 Å². The van der Waals surface area contributed by atoms with E-state index in [0.29, 0.717) is 12.7 Å². The molecule has 0 spiro atoms. The largest absolute Gasteiger partial charge is 0.326 e. The molecule has 5 nitrogen and oxygen atoms in total. The first-order valence-electron chi connectivity index (χ1n) is 9.53. The maximum absolute atomic E-state index is 13.1. The van der Waals surface area contributed by atoms with Gasteiger partial charge in [-0.15, -0.1) is 0 Å². The van der Waals surface area contributed by atoms with E-state index in [2.05, 4.69) is 10.2 Å². The molecule has 0 aromatic heterocycles. The molecule has 134 valence electrons. The number of fused-ring (bicyclic) bond motifs is 1. The molecular formula is C20H27N3O2. The highest BCUT2D eigenvalue weighted by atomic mass is 16.2. The molecular weight excluding hydrogens is 314 g/mol. The summed E-state index contributed by atoms with van der Waals surface area (Å²) in [4.78, 5) is 29.5. The minimum atomic E-state index is -0.958. The van der Waals surface area contributed by atoms with Crippen molar-refractivity contribution in [3.05, 3.63) is 35.9 Å². The summed E-state index contributed by atoms with van der Waals surface area (Å²) in [6.45, 7) is 3.22. The molecule has 25 heavy (non-hydrogen) atoms. The second kappa shape index (κ2) is 6.45. The number of benzene rings is 1. The number of imide groups is 1. The Hall–Kier alpha value is -1.88. The van der Waals surface area contributed by atoms with E-state index in [9.17, 15) is 9.59 Å². The normalized spacial score (nSPS) is 33.2. The van der Waals surface area contributed by atoms with Crippen LogP contribution in [0.1, 0.15) is 51.0 Å². The van der Waals surface area contributed by atoms with Crippen LogP contribution in [0.2, 0.25) is 0 Å². The SMILES string of the molecule is C[C@@]1(c2ccccc2)NC(=O)N(CN2CCC[C@H]3CCCC[C@@H]32)C1=O. The predicted octanol–water partition coefficient (Wildman–Crippen LogP) is 3.07. The lowest BCUT2D eigenvalue weighted by Crippen LogP contribution is -2.52. The van der Waals surface area contributed by atoms with Crippen molar-refractivity contribution >= 4 is 11.9 Å². The number of amides is 3. The van der Waals surface area contributed by atoms with Crippen molar-refractivity contribution in [1.29, 1.82) is 0 Å². The number of nitrogens with one attached hydrogen (secondary N) is 1.